The Balaban J connectivity index is 0. The van der Waals surface area contributed by atoms with Gasteiger partial charge in [0.05, 0.1) is 5.97 Å². The van der Waals surface area contributed by atoms with Gasteiger partial charge in [0.1, 0.15) is 4.75 Å². The summed E-state index contributed by atoms with van der Waals surface area (Å²) < 4.78 is 29.1. The molecular formula is C12H20NaO7S-. The minimum Gasteiger partial charge on any atom is -0.550 e. The van der Waals surface area contributed by atoms with Gasteiger partial charge in [-0.1, -0.05) is 39.5 Å². The predicted molar refractivity (Wildman–Crippen MR) is 66.8 cm³/mol. The maximum atomic E-state index is 11.4. The molecule has 0 bridgehead atoms. The monoisotopic (exact) mass is 331 g/mol. The Morgan fingerprint density at radius 2 is 1.76 bits per heavy atom. The Morgan fingerprint density at radius 1 is 1.24 bits per heavy atom. The van der Waals surface area contributed by atoms with Gasteiger partial charge in [-0.15, -0.1) is 0 Å². The first kappa shape index (κ1) is 23.1. The van der Waals surface area contributed by atoms with Crippen LogP contribution in [0.2, 0.25) is 0 Å². The van der Waals surface area contributed by atoms with Gasteiger partial charge in [0.2, 0.25) is 0 Å². The molecule has 1 N–H and O–H groups in total. The maximum absolute atomic E-state index is 11.4. The van der Waals surface area contributed by atoms with E-state index in [2.05, 4.69) is 0 Å². The molecule has 0 fully saturated rings. The van der Waals surface area contributed by atoms with Crippen LogP contribution in [0.15, 0.2) is 0 Å². The number of carboxylic acids is 2. The van der Waals surface area contributed by atoms with Gasteiger partial charge in [-0.3, -0.25) is 4.55 Å². The zero-order chi connectivity index (χ0) is 16.0. The summed E-state index contributed by atoms with van der Waals surface area (Å²) in [6.07, 6.45) is 0.775. The van der Waals surface area contributed by atoms with Crippen LogP contribution in [0.5, 0.6) is 0 Å². The number of unbranched alkanes of at least 4 members (excludes halogenated alkanes) is 1. The molecule has 0 aliphatic heterocycles. The molecule has 2 unspecified atom stereocenters. The Hall–Kier alpha value is -0.150. The van der Waals surface area contributed by atoms with Crippen LogP contribution in [0.3, 0.4) is 0 Å². The van der Waals surface area contributed by atoms with Crippen molar-refractivity contribution in [2.75, 3.05) is 0 Å². The van der Waals surface area contributed by atoms with E-state index < -0.39 is 39.6 Å². The summed E-state index contributed by atoms with van der Waals surface area (Å²) in [7, 11) is -5.13. The molecule has 0 saturated carbocycles. The fourth-order valence-corrected chi connectivity index (χ4v) is 3.13. The average Bonchev–Trinajstić information content (AvgIpc) is 2.30. The second-order valence-corrected chi connectivity index (χ2v) is 6.66. The SMILES string of the molecule is CCCCC(CC)CC(CC(=O)[O-])(C(=O)[O-])S(=O)(=O)O.[Na+]. The smallest absolute Gasteiger partial charge is 0.550 e. The summed E-state index contributed by atoms with van der Waals surface area (Å²) in [5, 5.41) is 21.9. The molecule has 0 aromatic heterocycles. The van der Waals surface area contributed by atoms with Crippen molar-refractivity contribution in [1.29, 1.82) is 0 Å². The van der Waals surface area contributed by atoms with E-state index in [9.17, 15) is 32.8 Å². The van der Waals surface area contributed by atoms with Crippen molar-refractivity contribution in [3.63, 3.8) is 0 Å². The molecule has 0 aromatic rings. The molecule has 0 spiro atoms. The summed E-state index contributed by atoms with van der Waals surface area (Å²) in [6, 6.07) is 0. The Labute approximate surface area is 147 Å². The normalized spacial score (nSPS) is 15.6. The quantitative estimate of drug-likeness (QED) is 0.319. The molecule has 21 heavy (non-hydrogen) atoms. The van der Waals surface area contributed by atoms with Gasteiger partial charge in [0.25, 0.3) is 10.1 Å². The minimum absolute atomic E-state index is 0. The molecule has 0 heterocycles. The third kappa shape index (κ3) is 6.65. The molecule has 9 heteroatoms. The number of aliphatic carboxylic acids is 2. The Morgan fingerprint density at radius 3 is 2.05 bits per heavy atom. The van der Waals surface area contributed by atoms with Crippen LogP contribution in [0.25, 0.3) is 0 Å². The first-order valence-corrected chi connectivity index (χ1v) is 7.93. The van der Waals surface area contributed by atoms with Crippen molar-refractivity contribution in [3.8, 4) is 0 Å². The molecule has 0 radical (unpaired) electrons. The van der Waals surface area contributed by atoms with Crippen LogP contribution in [0, 0.1) is 5.92 Å². The van der Waals surface area contributed by atoms with E-state index in [4.69, 9.17) is 0 Å². The molecule has 118 valence electrons. The molecule has 2 atom stereocenters. The van der Waals surface area contributed by atoms with Crippen LogP contribution >= 0.6 is 0 Å². The minimum atomic E-state index is -5.13. The van der Waals surface area contributed by atoms with Crippen LogP contribution in [0.1, 0.15) is 52.4 Å². The van der Waals surface area contributed by atoms with E-state index in [1.165, 1.54) is 0 Å². The number of rotatable bonds is 10. The molecular weight excluding hydrogens is 311 g/mol. The summed E-state index contributed by atoms with van der Waals surface area (Å²) in [6.45, 7) is 3.66. The van der Waals surface area contributed by atoms with Crippen molar-refractivity contribution in [2.24, 2.45) is 5.92 Å². The first-order chi connectivity index (χ1) is 9.10. The van der Waals surface area contributed by atoms with Crippen LogP contribution in [0.4, 0.5) is 0 Å². The molecule has 0 rings (SSSR count). The van der Waals surface area contributed by atoms with Crippen molar-refractivity contribution >= 4 is 22.1 Å². The van der Waals surface area contributed by atoms with Gasteiger partial charge in [-0.2, -0.15) is 8.42 Å². The van der Waals surface area contributed by atoms with Crippen LogP contribution in [-0.2, 0) is 19.7 Å². The van der Waals surface area contributed by atoms with E-state index in [1.807, 2.05) is 6.92 Å². The number of carbonyl (C=O) groups excluding carboxylic acids is 2. The Bertz CT molecular complexity index is 449. The van der Waals surface area contributed by atoms with E-state index in [0.717, 1.165) is 12.8 Å². The predicted octanol–water partition coefficient (Wildman–Crippen LogP) is -3.89. The van der Waals surface area contributed by atoms with Gasteiger partial charge in [0, 0.05) is 12.4 Å². The summed E-state index contributed by atoms with van der Waals surface area (Å²) in [5.74, 6) is -4.31. The fourth-order valence-electron chi connectivity index (χ4n) is 2.17. The van der Waals surface area contributed by atoms with Crippen molar-refractivity contribution in [1.82, 2.24) is 0 Å². The number of hydrogen-bond acceptors (Lipinski definition) is 6. The molecule has 7 nitrogen and oxygen atoms in total. The van der Waals surface area contributed by atoms with Crippen molar-refractivity contribution in [2.45, 2.75) is 57.1 Å². The summed E-state index contributed by atoms with van der Waals surface area (Å²) in [4.78, 5) is 21.9. The average molecular weight is 331 g/mol. The van der Waals surface area contributed by atoms with E-state index in [-0.39, 0.29) is 35.5 Å². The van der Waals surface area contributed by atoms with Gasteiger partial charge in [-0.25, -0.2) is 0 Å². The second-order valence-electron chi connectivity index (χ2n) is 4.93. The summed E-state index contributed by atoms with van der Waals surface area (Å²) >= 11 is 0. The third-order valence-corrected chi connectivity index (χ3v) is 4.92. The summed E-state index contributed by atoms with van der Waals surface area (Å²) in [5.41, 5.74) is 0. The molecule has 0 amide bonds. The zero-order valence-electron chi connectivity index (χ0n) is 12.6. The largest absolute Gasteiger partial charge is 1.00 e. The fraction of sp³-hybridized carbons (Fsp3) is 0.833. The number of carboxylic acid groups (broad SMARTS) is 2. The van der Waals surface area contributed by atoms with E-state index >= 15 is 0 Å². The van der Waals surface area contributed by atoms with E-state index in [1.54, 1.807) is 6.92 Å². The number of hydrogen-bond donors (Lipinski definition) is 1. The molecule has 0 saturated heterocycles. The standard InChI is InChI=1S/C12H22O7S.Na/c1-3-5-6-9(4-2)7-12(11(15)16,8-10(13)14)20(17,18)19;/h9H,3-8H2,1-2H3,(H,13,14)(H,15,16)(H,17,18,19);/q;+1/p-2. The topological polar surface area (TPSA) is 135 Å². The van der Waals surface area contributed by atoms with Gasteiger partial charge < -0.3 is 19.8 Å². The zero-order valence-corrected chi connectivity index (χ0v) is 15.4. The maximum Gasteiger partial charge on any atom is 1.00 e. The molecule has 0 aliphatic carbocycles. The van der Waals surface area contributed by atoms with Crippen molar-refractivity contribution in [3.05, 3.63) is 0 Å². The molecule has 0 aliphatic rings. The van der Waals surface area contributed by atoms with Gasteiger partial charge in [-0.05, 0) is 12.3 Å². The number of carbonyl (C=O) groups is 2. The first-order valence-electron chi connectivity index (χ1n) is 6.49. The van der Waals surface area contributed by atoms with Crippen LogP contribution < -0.4 is 39.8 Å². The molecule has 0 aromatic carbocycles. The Kier molecular flexibility index (Phi) is 10.8. The van der Waals surface area contributed by atoms with Gasteiger partial charge >= 0.3 is 29.6 Å². The van der Waals surface area contributed by atoms with E-state index in [0.29, 0.717) is 12.8 Å². The third-order valence-electron chi connectivity index (χ3n) is 3.46. The van der Waals surface area contributed by atoms with Gasteiger partial charge in [0.15, 0.2) is 0 Å². The second kappa shape index (κ2) is 9.78. The van der Waals surface area contributed by atoms with Crippen molar-refractivity contribution < 1.29 is 62.3 Å². The van der Waals surface area contributed by atoms with Crippen LogP contribution in [-0.4, -0.2) is 29.7 Å².